The third kappa shape index (κ3) is 2.08. The summed E-state index contributed by atoms with van der Waals surface area (Å²) in [6, 6.07) is 16.6. The van der Waals surface area contributed by atoms with Crippen LogP contribution in [0.5, 0.6) is 5.75 Å². The fraction of sp³-hybridized carbons (Fsp3) is 0.150. The van der Waals surface area contributed by atoms with Crippen LogP contribution >= 0.6 is 0 Å². The molecule has 3 heteroatoms. The molecule has 0 aliphatic heterocycles. The van der Waals surface area contributed by atoms with E-state index in [1.807, 2.05) is 12.1 Å². The van der Waals surface area contributed by atoms with Gasteiger partial charge in [-0.2, -0.15) is 5.10 Å². The first-order chi connectivity index (χ1) is 11.2. The summed E-state index contributed by atoms with van der Waals surface area (Å²) < 4.78 is 7.30. The molecule has 0 atom stereocenters. The zero-order chi connectivity index (χ0) is 16.0. The van der Waals surface area contributed by atoms with E-state index < -0.39 is 0 Å². The van der Waals surface area contributed by atoms with Gasteiger partial charge in [0.15, 0.2) is 0 Å². The van der Waals surface area contributed by atoms with E-state index in [-0.39, 0.29) is 0 Å². The first-order valence-electron chi connectivity index (χ1n) is 7.71. The summed E-state index contributed by atoms with van der Waals surface area (Å²) in [7, 11) is 1.68. The molecule has 2 aromatic carbocycles. The largest absolute Gasteiger partial charge is 0.497 e. The molecule has 0 N–H and O–H groups in total. The van der Waals surface area contributed by atoms with Crippen LogP contribution in [0.15, 0.2) is 48.5 Å². The Hall–Kier alpha value is -2.81. The predicted molar refractivity (Wildman–Crippen MR) is 94.0 cm³/mol. The van der Waals surface area contributed by atoms with Crippen molar-refractivity contribution in [2.45, 2.75) is 13.8 Å². The van der Waals surface area contributed by atoms with Crippen LogP contribution in [0.1, 0.15) is 16.8 Å². The molecule has 4 rings (SSSR count). The molecule has 0 radical (unpaired) electrons. The van der Waals surface area contributed by atoms with Gasteiger partial charge >= 0.3 is 0 Å². The van der Waals surface area contributed by atoms with Crippen molar-refractivity contribution < 1.29 is 4.74 Å². The van der Waals surface area contributed by atoms with Crippen molar-refractivity contribution in [2.24, 2.45) is 0 Å². The Kier molecular flexibility index (Phi) is 3.08. The Labute approximate surface area is 134 Å². The summed E-state index contributed by atoms with van der Waals surface area (Å²) in [5.41, 5.74) is 4.66. The quantitative estimate of drug-likeness (QED) is 0.565. The molecule has 0 saturated heterocycles. The van der Waals surface area contributed by atoms with Crippen molar-refractivity contribution in [3.8, 4) is 5.75 Å². The van der Waals surface area contributed by atoms with Crippen molar-refractivity contribution >= 4 is 22.4 Å². The molecule has 23 heavy (non-hydrogen) atoms. The lowest BCUT2D eigenvalue weighted by Crippen LogP contribution is -2.10. The molecule has 0 aliphatic carbocycles. The van der Waals surface area contributed by atoms with Crippen molar-refractivity contribution in [1.29, 1.82) is 0 Å². The summed E-state index contributed by atoms with van der Waals surface area (Å²) in [6.07, 6.45) is 2.18. The van der Waals surface area contributed by atoms with E-state index in [4.69, 9.17) is 9.84 Å². The second-order valence-corrected chi connectivity index (χ2v) is 5.82. The molecule has 0 spiro atoms. The molecule has 0 aliphatic rings. The molecule has 0 bridgehead atoms. The van der Waals surface area contributed by atoms with Crippen LogP contribution in [-0.2, 0) is 0 Å². The maximum Gasteiger partial charge on any atom is 0.118 e. The second-order valence-electron chi connectivity index (χ2n) is 5.82. The van der Waals surface area contributed by atoms with Gasteiger partial charge in [-0.1, -0.05) is 36.4 Å². The lowest BCUT2D eigenvalue weighted by Gasteiger charge is -1.99. The van der Waals surface area contributed by atoms with Crippen LogP contribution < -0.4 is 10.1 Å². The van der Waals surface area contributed by atoms with Crippen molar-refractivity contribution in [3.05, 3.63) is 70.7 Å². The van der Waals surface area contributed by atoms with Crippen molar-refractivity contribution in [1.82, 2.24) is 9.61 Å². The number of hydrogen-bond acceptors (Lipinski definition) is 2. The number of nitrogens with zero attached hydrogens (tertiary/aromatic N) is 2. The number of hydrogen-bond donors (Lipinski definition) is 0. The average Bonchev–Trinajstić information content (AvgIpc) is 3.04. The Morgan fingerprint density at radius 3 is 2.35 bits per heavy atom. The smallest absolute Gasteiger partial charge is 0.118 e. The van der Waals surface area contributed by atoms with Crippen LogP contribution in [-0.4, -0.2) is 16.7 Å². The van der Waals surface area contributed by atoms with E-state index in [0.29, 0.717) is 0 Å². The van der Waals surface area contributed by atoms with Gasteiger partial charge in [0, 0.05) is 10.8 Å². The number of methoxy groups -OCH3 is 1. The monoisotopic (exact) mass is 302 g/mol. The summed E-state index contributed by atoms with van der Waals surface area (Å²) in [5, 5.41) is 8.35. The number of aromatic nitrogens is 2. The van der Waals surface area contributed by atoms with E-state index in [0.717, 1.165) is 22.4 Å². The van der Waals surface area contributed by atoms with Gasteiger partial charge in [0.1, 0.15) is 5.75 Å². The van der Waals surface area contributed by atoms with Crippen LogP contribution in [0.4, 0.5) is 0 Å². The highest BCUT2D eigenvalue weighted by atomic mass is 16.5. The summed E-state index contributed by atoms with van der Waals surface area (Å²) in [5.74, 6) is 0.866. The number of benzene rings is 2. The molecular weight excluding hydrogens is 284 g/mol. The highest BCUT2D eigenvalue weighted by Gasteiger charge is 2.13. The van der Waals surface area contributed by atoms with Gasteiger partial charge in [0.05, 0.1) is 23.7 Å². The number of rotatable bonds is 2. The first kappa shape index (κ1) is 13.8. The van der Waals surface area contributed by atoms with E-state index in [1.54, 1.807) is 7.11 Å². The molecule has 2 aromatic heterocycles. The maximum atomic E-state index is 5.23. The Balaban J connectivity index is 2.07. The fourth-order valence-electron chi connectivity index (χ4n) is 3.12. The molecule has 0 unspecified atom stereocenters. The zero-order valence-electron chi connectivity index (χ0n) is 13.5. The van der Waals surface area contributed by atoms with E-state index in [9.17, 15) is 0 Å². The first-order valence-corrected chi connectivity index (χ1v) is 7.71. The summed E-state index contributed by atoms with van der Waals surface area (Å²) in [4.78, 5) is 0. The Bertz CT molecular complexity index is 1060. The second kappa shape index (κ2) is 5.13. The highest BCUT2D eigenvalue weighted by Crippen LogP contribution is 2.23. The minimum atomic E-state index is 0.866. The lowest BCUT2D eigenvalue weighted by molar-refractivity contribution is 0.415. The lowest BCUT2D eigenvalue weighted by atomic mass is 10.1. The normalized spacial score (nSPS) is 12.4. The standard InChI is InChI=1S/C20H18N2O/c1-13-14(2)21-22-19(12-15-8-10-16(23-3)11-9-15)17-6-4-5-7-18(17)20(13)22/h4-12H,1-3H3/b19-12-. The summed E-state index contributed by atoms with van der Waals surface area (Å²) >= 11 is 0. The minimum absolute atomic E-state index is 0.866. The Morgan fingerprint density at radius 1 is 0.957 bits per heavy atom. The van der Waals surface area contributed by atoms with Crippen LogP contribution in [0.3, 0.4) is 0 Å². The molecule has 3 nitrogen and oxygen atoms in total. The van der Waals surface area contributed by atoms with Crippen LogP contribution in [0, 0.1) is 13.8 Å². The molecule has 0 fully saturated rings. The van der Waals surface area contributed by atoms with Gasteiger partial charge in [-0.15, -0.1) is 0 Å². The number of fused-ring (bicyclic) bond motifs is 3. The maximum absolute atomic E-state index is 5.23. The fourth-order valence-corrected chi connectivity index (χ4v) is 3.12. The van der Waals surface area contributed by atoms with E-state index in [2.05, 4.69) is 60.8 Å². The number of ether oxygens (including phenoxy) is 1. The molecule has 4 aromatic rings. The molecule has 0 amide bonds. The summed E-state index contributed by atoms with van der Waals surface area (Å²) in [6.45, 7) is 4.20. The van der Waals surface area contributed by atoms with Crippen molar-refractivity contribution in [3.63, 3.8) is 0 Å². The van der Waals surface area contributed by atoms with E-state index >= 15 is 0 Å². The van der Waals surface area contributed by atoms with Gasteiger partial charge in [0.2, 0.25) is 0 Å². The predicted octanol–water partition coefficient (Wildman–Crippen LogP) is 3.66. The van der Waals surface area contributed by atoms with Crippen LogP contribution in [0.2, 0.25) is 0 Å². The highest BCUT2D eigenvalue weighted by molar-refractivity contribution is 5.99. The topological polar surface area (TPSA) is 26.5 Å². The average molecular weight is 302 g/mol. The minimum Gasteiger partial charge on any atom is -0.497 e. The number of aryl methyl sites for hydroxylation is 2. The molecule has 0 saturated carbocycles. The van der Waals surface area contributed by atoms with Gasteiger partial charge in [-0.05, 0) is 43.2 Å². The molecule has 2 heterocycles. The molecule has 114 valence electrons. The SMILES string of the molecule is COc1ccc(/C=c2/c3ccccc3c3c(C)c(C)nn23)cc1. The van der Waals surface area contributed by atoms with Gasteiger partial charge in [0.25, 0.3) is 0 Å². The van der Waals surface area contributed by atoms with E-state index in [1.165, 1.54) is 21.9 Å². The molecular formula is C20H18N2O. The van der Waals surface area contributed by atoms with Gasteiger partial charge in [-0.3, -0.25) is 0 Å². The van der Waals surface area contributed by atoms with Crippen LogP contribution in [0.25, 0.3) is 22.4 Å². The Morgan fingerprint density at radius 2 is 1.65 bits per heavy atom. The van der Waals surface area contributed by atoms with Gasteiger partial charge in [-0.25, -0.2) is 4.52 Å². The third-order valence-electron chi connectivity index (χ3n) is 4.47. The van der Waals surface area contributed by atoms with Gasteiger partial charge < -0.3 is 4.74 Å². The van der Waals surface area contributed by atoms with Crippen molar-refractivity contribution in [2.75, 3.05) is 7.11 Å². The third-order valence-corrected chi connectivity index (χ3v) is 4.47. The zero-order valence-corrected chi connectivity index (χ0v) is 13.5.